The number of unbranched alkanes of at least 4 members (excludes halogenated alkanes) is 1. The molecule has 0 saturated heterocycles. The van der Waals surface area contributed by atoms with Crippen molar-refractivity contribution in [1.29, 1.82) is 0 Å². The first-order valence-corrected chi connectivity index (χ1v) is 6.01. The average molecular weight is 230 g/mol. The van der Waals surface area contributed by atoms with E-state index in [2.05, 4.69) is 4.98 Å². The zero-order valence-corrected chi connectivity index (χ0v) is 10.1. The van der Waals surface area contributed by atoms with Gasteiger partial charge in [-0.15, -0.1) is 0 Å². The Kier molecular flexibility index (Phi) is 5.75. The molecular formula is C10H18N2O2S. The van der Waals surface area contributed by atoms with Crippen molar-refractivity contribution in [1.82, 2.24) is 9.55 Å². The topological polar surface area (TPSA) is 47.3 Å². The maximum Gasteiger partial charge on any atom is 0.167 e. The Labute approximate surface area is 94.7 Å². The van der Waals surface area contributed by atoms with Crippen LogP contribution in [0.15, 0.2) is 11.4 Å². The van der Waals surface area contributed by atoms with E-state index in [1.165, 1.54) is 0 Å². The molecule has 4 nitrogen and oxygen atoms in total. The summed E-state index contributed by atoms with van der Waals surface area (Å²) >= 11 is 1.72. The van der Waals surface area contributed by atoms with Crippen molar-refractivity contribution in [3.05, 3.63) is 11.9 Å². The van der Waals surface area contributed by atoms with E-state index in [1.807, 2.05) is 11.6 Å². The fourth-order valence-corrected chi connectivity index (χ4v) is 2.19. The largest absolute Gasteiger partial charge is 0.390 e. The van der Waals surface area contributed by atoms with Gasteiger partial charge in [0.25, 0.3) is 0 Å². The van der Waals surface area contributed by atoms with Crippen LogP contribution < -0.4 is 0 Å². The minimum absolute atomic E-state index is 0.0493. The number of rotatable bonds is 7. The Morgan fingerprint density at radius 3 is 2.93 bits per heavy atom. The van der Waals surface area contributed by atoms with Gasteiger partial charge < -0.3 is 14.4 Å². The maximum absolute atomic E-state index is 8.99. The summed E-state index contributed by atoms with van der Waals surface area (Å²) in [6, 6.07) is 0. The Morgan fingerprint density at radius 2 is 2.33 bits per heavy atom. The molecule has 0 fully saturated rings. The third-order valence-electron chi connectivity index (χ3n) is 2.18. The number of aliphatic hydroxyl groups is 1. The van der Waals surface area contributed by atoms with Crippen LogP contribution in [0.1, 0.15) is 18.5 Å². The van der Waals surface area contributed by atoms with Gasteiger partial charge in [-0.05, 0) is 12.8 Å². The molecule has 0 bridgehead atoms. The monoisotopic (exact) mass is 230 g/mol. The highest BCUT2D eigenvalue weighted by atomic mass is 32.2. The number of aliphatic hydroxyl groups excluding tert-OH is 1. The zero-order chi connectivity index (χ0) is 11.1. The van der Waals surface area contributed by atoms with Crippen LogP contribution >= 0.6 is 11.8 Å². The molecule has 0 aliphatic heterocycles. The van der Waals surface area contributed by atoms with E-state index in [0.717, 1.165) is 36.1 Å². The van der Waals surface area contributed by atoms with Gasteiger partial charge in [-0.2, -0.15) is 0 Å². The summed E-state index contributed by atoms with van der Waals surface area (Å²) in [4.78, 5) is 4.24. The first kappa shape index (κ1) is 12.5. The lowest BCUT2D eigenvalue weighted by Gasteiger charge is -2.03. The lowest BCUT2D eigenvalue weighted by atomic mass is 10.4. The quantitative estimate of drug-likeness (QED) is 0.568. The van der Waals surface area contributed by atoms with E-state index in [4.69, 9.17) is 9.84 Å². The molecule has 0 unspecified atom stereocenters. The molecule has 86 valence electrons. The van der Waals surface area contributed by atoms with Crippen molar-refractivity contribution in [3.63, 3.8) is 0 Å². The number of hydrogen-bond donors (Lipinski definition) is 1. The van der Waals surface area contributed by atoms with Crippen molar-refractivity contribution in [2.24, 2.45) is 7.05 Å². The zero-order valence-electron chi connectivity index (χ0n) is 9.27. The fourth-order valence-electron chi connectivity index (χ4n) is 1.22. The predicted octanol–water partition coefficient (Wildman–Crippen LogP) is 1.43. The highest BCUT2D eigenvalue weighted by molar-refractivity contribution is 7.99. The molecule has 1 aromatic rings. The summed E-state index contributed by atoms with van der Waals surface area (Å²) in [5, 5.41) is 9.96. The second-order valence-corrected chi connectivity index (χ2v) is 4.36. The molecule has 0 aliphatic rings. The normalized spacial score (nSPS) is 10.9. The van der Waals surface area contributed by atoms with Gasteiger partial charge in [-0.1, -0.05) is 11.8 Å². The number of imidazole rings is 1. The van der Waals surface area contributed by atoms with Gasteiger partial charge in [0, 0.05) is 26.5 Å². The van der Waals surface area contributed by atoms with Crippen LogP contribution in [0.4, 0.5) is 0 Å². The van der Waals surface area contributed by atoms with Gasteiger partial charge in [-0.3, -0.25) is 0 Å². The van der Waals surface area contributed by atoms with Gasteiger partial charge in [0.05, 0.1) is 18.5 Å². The Balaban J connectivity index is 2.28. The summed E-state index contributed by atoms with van der Waals surface area (Å²) in [6.07, 6.45) is 3.93. The minimum Gasteiger partial charge on any atom is -0.390 e. The van der Waals surface area contributed by atoms with E-state index in [0.29, 0.717) is 0 Å². The third-order valence-corrected chi connectivity index (χ3v) is 3.31. The Bertz CT molecular complexity index is 289. The van der Waals surface area contributed by atoms with E-state index in [9.17, 15) is 0 Å². The fraction of sp³-hybridized carbons (Fsp3) is 0.700. The number of aromatic nitrogens is 2. The lowest BCUT2D eigenvalue weighted by molar-refractivity contribution is 0.194. The van der Waals surface area contributed by atoms with Crippen molar-refractivity contribution >= 4 is 11.8 Å². The van der Waals surface area contributed by atoms with Crippen LogP contribution in [0.5, 0.6) is 0 Å². The van der Waals surface area contributed by atoms with Gasteiger partial charge >= 0.3 is 0 Å². The molecule has 0 saturated carbocycles. The number of methoxy groups -OCH3 is 1. The van der Waals surface area contributed by atoms with Crippen LogP contribution in [0.3, 0.4) is 0 Å². The molecule has 0 spiro atoms. The summed E-state index contributed by atoms with van der Waals surface area (Å²) in [6.45, 7) is 0.872. The van der Waals surface area contributed by atoms with Crippen LogP contribution in [-0.2, 0) is 18.4 Å². The summed E-state index contributed by atoms with van der Waals surface area (Å²) < 4.78 is 6.91. The molecule has 1 aromatic heterocycles. The molecule has 1 N–H and O–H groups in total. The first-order chi connectivity index (χ1) is 7.29. The number of ether oxygens (including phenoxy) is 1. The van der Waals surface area contributed by atoms with E-state index in [1.54, 1.807) is 25.1 Å². The van der Waals surface area contributed by atoms with Crippen molar-refractivity contribution in [3.8, 4) is 0 Å². The highest BCUT2D eigenvalue weighted by Crippen LogP contribution is 2.18. The van der Waals surface area contributed by atoms with Crippen molar-refractivity contribution in [2.75, 3.05) is 19.5 Å². The Hall–Kier alpha value is -0.520. The lowest BCUT2D eigenvalue weighted by Crippen LogP contribution is -1.98. The van der Waals surface area contributed by atoms with Gasteiger partial charge in [0.1, 0.15) is 0 Å². The smallest absolute Gasteiger partial charge is 0.167 e. The van der Waals surface area contributed by atoms with Crippen LogP contribution in [0.2, 0.25) is 0 Å². The summed E-state index contributed by atoms with van der Waals surface area (Å²) in [5.41, 5.74) is 0.856. The molecule has 1 heterocycles. The maximum atomic E-state index is 8.99. The number of thioether (sulfide) groups is 1. The number of hydrogen-bond acceptors (Lipinski definition) is 4. The molecule has 0 atom stereocenters. The van der Waals surface area contributed by atoms with Crippen molar-refractivity contribution < 1.29 is 9.84 Å². The van der Waals surface area contributed by atoms with Gasteiger partial charge in [0.15, 0.2) is 5.16 Å². The first-order valence-electron chi connectivity index (χ1n) is 5.02. The minimum atomic E-state index is 0.0493. The van der Waals surface area contributed by atoms with Crippen LogP contribution in [0, 0.1) is 0 Å². The highest BCUT2D eigenvalue weighted by Gasteiger charge is 2.05. The van der Waals surface area contributed by atoms with Crippen LogP contribution in [0.25, 0.3) is 0 Å². The third kappa shape index (κ3) is 3.85. The molecule has 0 aromatic carbocycles. The summed E-state index contributed by atoms with van der Waals surface area (Å²) in [7, 11) is 3.65. The summed E-state index contributed by atoms with van der Waals surface area (Å²) in [5.74, 6) is 1.04. The molecular weight excluding hydrogens is 212 g/mol. The molecule has 5 heteroatoms. The molecule has 15 heavy (non-hydrogen) atoms. The van der Waals surface area contributed by atoms with E-state index >= 15 is 0 Å². The molecule has 0 amide bonds. The second kappa shape index (κ2) is 6.87. The van der Waals surface area contributed by atoms with Gasteiger partial charge in [0.2, 0.25) is 0 Å². The molecule has 0 radical (unpaired) electrons. The molecule has 0 aliphatic carbocycles. The predicted molar refractivity (Wildman–Crippen MR) is 61.0 cm³/mol. The molecule has 1 rings (SSSR count). The SMILES string of the molecule is COCCCCSc1ncc(CO)n1C. The second-order valence-electron chi connectivity index (χ2n) is 3.30. The Morgan fingerprint density at radius 1 is 1.53 bits per heavy atom. The van der Waals surface area contributed by atoms with E-state index in [-0.39, 0.29) is 6.61 Å². The van der Waals surface area contributed by atoms with Crippen LogP contribution in [-0.4, -0.2) is 34.1 Å². The van der Waals surface area contributed by atoms with Gasteiger partial charge in [-0.25, -0.2) is 4.98 Å². The average Bonchev–Trinajstić information content (AvgIpc) is 2.60. The number of nitrogens with zero attached hydrogens (tertiary/aromatic N) is 2. The standard InChI is InChI=1S/C10H18N2O2S/c1-12-9(8-13)7-11-10(12)15-6-4-3-5-14-2/h7,13H,3-6,8H2,1-2H3. The van der Waals surface area contributed by atoms with E-state index < -0.39 is 0 Å². The van der Waals surface area contributed by atoms with Crippen molar-refractivity contribution in [2.45, 2.75) is 24.6 Å².